The molecule has 0 spiro atoms. The Bertz CT molecular complexity index is 309. The smallest absolute Gasteiger partial charge is 0.234 e. The molecule has 84 valence electrons. The molecule has 0 aliphatic heterocycles. The Labute approximate surface area is 88.8 Å². The Hall–Kier alpha value is -1.23. The average Bonchev–Trinajstić information content (AvgIpc) is 2.63. The van der Waals surface area contributed by atoms with E-state index in [-0.39, 0.29) is 12.2 Å². The van der Waals surface area contributed by atoms with Crippen molar-refractivity contribution in [3.8, 4) is 0 Å². The van der Waals surface area contributed by atoms with Gasteiger partial charge in [0.15, 0.2) is 5.82 Å². The molecule has 0 unspecified atom stereocenters. The zero-order valence-electron chi connectivity index (χ0n) is 9.15. The predicted octanol–water partition coefficient (Wildman–Crippen LogP) is 1.52. The second-order valence-electron chi connectivity index (χ2n) is 3.21. The Morgan fingerprint density at radius 1 is 1.47 bits per heavy atom. The van der Waals surface area contributed by atoms with Gasteiger partial charge in [0.2, 0.25) is 5.89 Å². The van der Waals surface area contributed by atoms with Crippen molar-refractivity contribution >= 4 is 5.78 Å². The molecule has 1 rings (SSSR count). The first-order chi connectivity index (χ1) is 7.26. The quantitative estimate of drug-likeness (QED) is 0.685. The molecule has 1 aromatic heterocycles. The molecule has 0 fully saturated rings. The normalized spacial score (nSPS) is 10.5. The Kier molecular flexibility index (Phi) is 4.97. The first-order valence-corrected chi connectivity index (χ1v) is 5.17. The van der Waals surface area contributed by atoms with Crippen molar-refractivity contribution in [2.75, 3.05) is 6.61 Å². The van der Waals surface area contributed by atoms with E-state index in [4.69, 9.17) is 9.26 Å². The molecular formula is C10H16N2O3. The van der Waals surface area contributed by atoms with E-state index in [1.807, 2.05) is 13.8 Å². The molecule has 0 amide bonds. The first-order valence-electron chi connectivity index (χ1n) is 5.17. The molecule has 1 heterocycles. The number of ketones is 1. The van der Waals surface area contributed by atoms with Crippen LogP contribution < -0.4 is 0 Å². The summed E-state index contributed by atoms with van der Waals surface area (Å²) in [7, 11) is 0. The van der Waals surface area contributed by atoms with Gasteiger partial charge in [-0.1, -0.05) is 12.1 Å². The summed E-state index contributed by atoms with van der Waals surface area (Å²) >= 11 is 0. The van der Waals surface area contributed by atoms with E-state index < -0.39 is 0 Å². The van der Waals surface area contributed by atoms with Crippen LogP contribution in [0.25, 0.3) is 0 Å². The third kappa shape index (κ3) is 4.20. The average molecular weight is 212 g/mol. The number of Topliss-reactive ketones (excluding diaryl/α,β-unsaturated/α-hetero) is 1. The van der Waals surface area contributed by atoms with Crippen LogP contribution in [-0.2, 0) is 22.6 Å². The highest BCUT2D eigenvalue weighted by Crippen LogP contribution is 2.02. The molecule has 5 heteroatoms. The summed E-state index contributed by atoms with van der Waals surface area (Å²) in [4.78, 5) is 15.3. The summed E-state index contributed by atoms with van der Waals surface area (Å²) in [5, 5.41) is 3.70. The van der Waals surface area contributed by atoms with Gasteiger partial charge in [-0.2, -0.15) is 4.98 Å². The fourth-order valence-corrected chi connectivity index (χ4v) is 1.15. The SMILES string of the molecule is CCCC(=O)Cc1nc(COCC)no1. The highest BCUT2D eigenvalue weighted by Gasteiger charge is 2.10. The minimum Gasteiger partial charge on any atom is -0.374 e. The number of ether oxygens (including phenoxy) is 1. The number of rotatable bonds is 7. The van der Waals surface area contributed by atoms with Gasteiger partial charge in [-0.25, -0.2) is 0 Å². The standard InChI is InChI=1S/C10H16N2O3/c1-3-5-8(13)6-10-11-9(12-15-10)7-14-4-2/h3-7H2,1-2H3. The lowest BCUT2D eigenvalue weighted by Gasteiger charge is -1.93. The van der Waals surface area contributed by atoms with Crippen molar-refractivity contribution in [1.82, 2.24) is 10.1 Å². The van der Waals surface area contributed by atoms with E-state index in [1.54, 1.807) is 0 Å². The topological polar surface area (TPSA) is 65.2 Å². The highest BCUT2D eigenvalue weighted by atomic mass is 16.5. The van der Waals surface area contributed by atoms with Gasteiger partial charge in [0.25, 0.3) is 0 Å². The maximum absolute atomic E-state index is 11.3. The molecule has 5 nitrogen and oxygen atoms in total. The molecule has 0 aliphatic rings. The van der Waals surface area contributed by atoms with Crippen LogP contribution in [0.5, 0.6) is 0 Å². The number of nitrogens with zero attached hydrogens (tertiary/aromatic N) is 2. The maximum atomic E-state index is 11.3. The van der Waals surface area contributed by atoms with Crippen LogP contribution in [0.2, 0.25) is 0 Å². The lowest BCUT2D eigenvalue weighted by atomic mass is 10.2. The number of carbonyl (C=O) groups is 1. The third-order valence-electron chi connectivity index (χ3n) is 1.82. The summed E-state index contributed by atoms with van der Waals surface area (Å²) in [6.07, 6.45) is 1.63. The molecule has 0 radical (unpaired) electrons. The summed E-state index contributed by atoms with van der Waals surface area (Å²) in [5.74, 6) is 1.00. The largest absolute Gasteiger partial charge is 0.374 e. The molecule has 0 saturated heterocycles. The fraction of sp³-hybridized carbons (Fsp3) is 0.700. The Balaban J connectivity index is 2.42. The van der Waals surface area contributed by atoms with Gasteiger partial charge in [0.05, 0.1) is 6.42 Å². The monoisotopic (exact) mass is 212 g/mol. The van der Waals surface area contributed by atoms with Gasteiger partial charge in [-0.15, -0.1) is 0 Å². The zero-order valence-corrected chi connectivity index (χ0v) is 9.15. The van der Waals surface area contributed by atoms with Crippen LogP contribution in [0.4, 0.5) is 0 Å². The van der Waals surface area contributed by atoms with E-state index in [2.05, 4.69) is 10.1 Å². The minimum atomic E-state index is 0.129. The second-order valence-corrected chi connectivity index (χ2v) is 3.21. The first kappa shape index (κ1) is 11.8. The highest BCUT2D eigenvalue weighted by molar-refractivity contribution is 5.79. The van der Waals surface area contributed by atoms with Crippen LogP contribution in [0, 0.1) is 0 Å². The molecule has 0 bridgehead atoms. The zero-order chi connectivity index (χ0) is 11.1. The summed E-state index contributed by atoms with van der Waals surface area (Å²) < 4.78 is 10.0. The van der Waals surface area contributed by atoms with E-state index in [9.17, 15) is 4.79 Å². The number of aromatic nitrogens is 2. The molecule has 1 aromatic rings. The molecular weight excluding hydrogens is 196 g/mol. The van der Waals surface area contributed by atoms with Gasteiger partial charge in [-0.05, 0) is 13.3 Å². The van der Waals surface area contributed by atoms with Crippen LogP contribution in [-0.4, -0.2) is 22.5 Å². The van der Waals surface area contributed by atoms with Crippen molar-refractivity contribution < 1.29 is 14.1 Å². The maximum Gasteiger partial charge on any atom is 0.234 e. The molecule has 15 heavy (non-hydrogen) atoms. The molecule has 0 aromatic carbocycles. The predicted molar refractivity (Wildman–Crippen MR) is 53.2 cm³/mol. The van der Waals surface area contributed by atoms with Gasteiger partial charge in [0, 0.05) is 13.0 Å². The van der Waals surface area contributed by atoms with Gasteiger partial charge >= 0.3 is 0 Å². The minimum absolute atomic E-state index is 0.129. The lowest BCUT2D eigenvalue weighted by Crippen LogP contribution is -2.02. The molecule has 0 saturated carbocycles. The molecule has 0 atom stereocenters. The lowest BCUT2D eigenvalue weighted by molar-refractivity contribution is -0.118. The van der Waals surface area contributed by atoms with Crippen molar-refractivity contribution in [2.45, 2.75) is 39.7 Å². The third-order valence-corrected chi connectivity index (χ3v) is 1.82. The van der Waals surface area contributed by atoms with Crippen molar-refractivity contribution in [3.63, 3.8) is 0 Å². The van der Waals surface area contributed by atoms with E-state index in [1.165, 1.54) is 0 Å². The van der Waals surface area contributed by atoms with Crippen molar-refractivity contribution in [2.24, 2.45) is 0 Å². The van der Waals surface area contributed by atoms with E-state index in [0.29, 0.717) is 31.3 Å². The number of hydrogen-bond acceptors (Lipinski definition) is 5. The van der Waals surface area contributed by atoms with Crippen LogP contribution in [0.15, 0.2) is 4.52 Å². The Morgan fingerprint density at radius 3 is 2.93 bits per heavy atom. The van der Waals surface area contributed by atoms with Crippen LogP contribution in [0.1, 0.15) is 38.4 Å². The van der Waals surface area contributed by atoms with Crippen molar-refractivity contribution in [1.29, 1.82) is 0 Å². The fourth-order valence-electron chi connectivity index (χ4n) is 1.15. The second kappa shape index (κ2) is 6.29. The van der Waals surface area contributed by atoms with E-state index in [0.717, 1.165) is 6.42 Å². The van der Waals surface area contributed by atoms with Crippen LogP contribution >= 0.6 is 0 Å². The number of hydrogen-bond donors (Lipinski definition) is 0. The van der Waals surface area contributed by atoms with Crippen molar-refractivity contribution in [3.05, 3.63) is 11.7 Å². The summed E-state index contributed by atoms with van der Waals surface area (Å²) in [6, 6.07) is 0. The number of carbonyl (C=O) groups excluding carboxylic acids is 1. The molecule has 0 N–H and O–H groups in total. The van der Waals surface area contributed by atoms with Gasteiger partial charge in [-0.3, -0.25) is 4.79 Å². The summed E-state index contributed by atoms with van der Waals surface area (Å²) in [6.45, 7) is 4.80. The summed E-state index contributed by atoms with van der Waals surface area (Å²) in [5.41, 5.74) is 0. The van der Waals surface area contributed by atoms with Gasteiger partial charge < -0.3 is 9.26 Å². The van der Waals surface area contributed by atoms with Crippen LogP contribution in [0.3, 0.4) is 0 Å². The Morgan fingerprint density at radius 2 is 2.27 bits per heavy atom. The van der Waals surface area contributed by atoms with Gasteiger partial charge in [0.1, 0.15) is 12.4 Å². The van der Waals surface area contributed by atoms with E-state index >= 15 is 0 Å². The molecule has 0 aliphatic carbocycles.